The van der Waals surface area contributed by atoms with Crippen LogP contribution in [0.4, 0.5) is 13.2 Å². The van der Waals surface area contributed by atoms with E-state index in [9.17, 15) is 18.3 Å². The van der Waals surface area contributed by atoms with E-state index in [2.05, 4.69) is 0 Å². The van der Waals surface area contributed by atoms with Crippen LogP contribution in [0.15, 0.2) is 36.4 Å². The van der Waals surface area contributed by atoms with Crippen LogP contribution in [-0.2, 0) is 0 Å². The van der Waals surface area contributed by atoms with E-state index in [1.807, 2.05) is 24.3 Å². The first-order valence-electron chi connectivity index (χ1n) is 6.73. The topological polar surface area (TPSA) is 29.5 Å². The van der Waals surface area contributed by atoms with Gasteiger partial charge in [0.25, 0.3) is 0 Å². The van der Waals surface area contributed by atoms with E-state index in [0.717, 1.165) is 10.8 Å². The van der Waals surface area contributed by atoms with E-state index in [1.165, 1.54) is 0 Å². The van der Waals surface area contributed by atoms with Crippen molar-refractivity contribution in [2.45, 2.75) is 31.5 Å². The van der Waals surface area contributed by atoms with Crippen LogP contribution in [0.1, 0.15) is 30.9 Å². The number of ether oxygens (including phenoxy) is 1. The molecule has 0 fully saturated rings. The molecule has 21 heavy (non-hydrogen) atoms. The minimum atomic E-state index is -4.18. The van der Waals surface area contributed by atoms with Crippen LogP contribution in [0.5, 0.6) is 5.75 Å². The second-order valence-electron chi connectivity index (χ2n) is 4.93. The van der Waals surface area contributed by atoms with Gasteiger partial charge in [-0.3, -0.25) is 0 Å². The monoisotopic (exact) mass is 298 g/mol. The number of benzene rings is 2. The van der Waals surface area contributed by atoms with Gasteiger partial charge in [0, 0.05) is 11.8 Å². The van der Waals surface area contributed by atoms with Crippen LogP contribution in [0.2, 0.25) is 0 Å². The molecule has 0 aliphatic heterocycles. The Morgan fingerprint density at radius 2 is 1.76 bits per heavy atom. The number of halogens is 3. The fourth-order valence-electron chi connectivity index (χ4n) is 2.41. The molecule has 2 nitrogen and oxygen atoms in total. The van der Waals surface area contributed by atoms with Gasteiger partial charge < -0.3 is 9.84 Å². The number of aliphatic hydroxyl groups is 1. The molecule has 114 valence electrons. The summed E-state index contributed by atoms with van der Waals surface area (Å²) in [5.74, 6) is 0.678. The van der Waals surface area contributed by atoms with Gasteiger partial charge in [0.05, 0.1) is 13.2 Å². The van der Waals surface area contributed by atoms with E-state index in [4.69, 9.17) is 4.74 Å². The SMILES string of the molecule is COc1ccc(C(O)CCCC(F)(F)F)c2ccccc12. The summed E-state index contributed by atoms with van der Waals surface area (Å²) in [5, 5.41) is 11.8. The van der Waals surface area contributed by atoms with Gasteiger partial charge in [-0.25, -0.2) is 0 Å². The third-order valence-corrected chi connectivity index (χ3v) is 3.43. The second-order valence-corrected chi connectivity index (χ2v) is 4.93. The van der Waals surface area contributed by atoms with Crippen LogP contribution in [0, 0.1) is 0 Å². The summed E-state index contributed by atoms with van der Waals surface area (Å²) >= 11 is 0. The zero-order chi connectivity index (χ0) is 15.5. The van der Waals surface area contributed by atoms with Gasteiger partial charge in [-0.15, -0.1) is 0 Å². The zero-order valence-corrected chi connectivity index (χ0v) is 11.7. The van der Waals surface area contributed by atoms with Gasteiger partial charge in [0.1, 0.15) is 5.75 Å². The highest BCUT2D eigenvalue weighted by Gasteiger charge is 2.26. The zero-order valence-electron chi connectivity index (χ0n) is 11.7. The summed E-state index contributed by atoms with van der Waals surface area (Å²) in [6.45, 7) is 0. The molecule has 1 unspecified atom stereocenters. The predicted octanol–water partition coefficient (Wildman–Crippen LogP) is 4.61. The number of rotatable bonds is 5. The molecular weight excluding hydrogens is 281 g/mol. The quantitative estimate of drug-likeness (QED) is 0.873. The Morgan fingerprint density at radius 1 is 1.10 bits per heavy atom. The molecule has 0 aromatic heterocycles. The molecule has 0 aliphatic carbocycles. The minimum absolute atomic E-state index is 0.0792. The number of fused-ring (bicyclic) bond motifs is 1. The van der Waals surface area contributed by atoms with Crippen molar-refractivity contribution in [3.63, 3.8) is 0 Å². The van der Waals surface area contributed by atoms with E-state index in [0.29, 0.717) is 11.3 Å². The van der Waals surface area contributed by atoms with Crippen molar-refractivity contribution >= 4 is 10.8 Å². The lowest BCUT2D eigenvalue weighted by Gasteiger charge is -2.16. The fraction of sp³-hybridized carbons (Fsp3) is 0.375. The maximum absolute atomic E-state index is 12.2. The van der Waals surface area contributed by atoms with Crippen LogP contribution in [0.3, 0.4) is 0 Å². The van der Waals surface area contributed by atoms with Crippen LogP contribution in [0.25, 0.3) is 10.8 Å². The summed E-state index contributed by atoms with van der Waals surface area (Å²) in [7, 11) is 1.56. The predicted molar refractivity (Wildman–Crippen MR) is 75.4 cm³/mol. The Kier molecular flexibility index (Phi) is 4.73. The van der Waals surface area contributed by atoms with Crippen molar-refractivity contribution in [2.75, 3.05) is 7.11 Å². The van der Waals surface area contributed by atoms with Gasteiger partial charge in [-0.05, 0) is 29.9 Å². The Morgan fingerprint density at radius 3 is 2.38 bits per heavy atom. The smallest absolute Gasteiger partial charge is 0.389 e. The van der Waals surface area contributed by atoms with E-state index >= 15 is 0 Å². The van der Waals surface area contributed by atoms with Crippen LogP contribution >= 0.6 is 0 Å². The number of alkyl halides is 3. The van der Waals surface area contributed by atoms with Crippen molar-refractivity contribution in [1.29, 1.82) is 0 Å². The largest absolute Gasteiger partial charge is 0.496 e. The van der Waals surface area contributed by atoms with Gasteiger partial charge in [-0.1, -0.05) is 30.3 Å². The maximum atomic E-state index is 12.2. The molecule has 0 saturated heterocycles. The number of methoxy groups -OCH3 is 1. The van der Waals surface area contributed by atoms with Gasteiger partial charge in [0.2, 0.25) is 0 Å². The van der Waals surface area contributed by atoms with Gasteiger partial charge in [0.15, 0.2) is 0 Å². The molecule has 1 N–H and O–H groups in total. The molecular formula is C16H17F3O2. The molecule has 0 bridgehead atoms. The standard InChI is InChI=1S/C16H17F3O2/c1-21-15-9-8-12(11-5-2-3-6-13(11)15)14(20)7-4-10-16(17,18)19/h2-3,5-6,8-9,14,20H,4,7,10H2,1H3. The van der Waals surface area contributed by atoms with Crippen molar-refractivity contribution in [3.8, 4) is 5.75 Å². The van der Waals surface area contributed by atoms with E-state index < -0.39 is 18.7 Å². The summed E-state index contributed by atoms with van der Waals surface area (Å²) in [6.07, 6.45) is -5.98. The molecule has 2 rings (SSSR count). The minimum Gasteiger partial charge on any atom is -0.496 e. The highest BCUT2D eigenvalue weighted by molar-refractivity contribution is 5.91. The average molecular weight is 298 g/mol. The molecule has 0 saturated carbocycles. The molecule has 2 aromatic carbocycles. The van der Waals surface area contributed by atoms with E-state index in [-0.39, 0.29) is 12.8 Å². The number of hydrogen-bond acceptors (Lipinski definition) is 2. The normalized spacial score (nSPS) is 13.4. The molecule has 0 heterocycles. The van der Waals surface area contributed by atoms with Crippen LogP contribution in [-0.4, -0.2) is 18.4 Å². The maximum Gasteiger partial charge on any atom is 0.389 e. The average Bonchev–Trinajstić information content (AvgIpc) is 2.44. The highest BCUT2D eigenvalue weighted by Crippen LogP contribution is 2.34. The van der Waals surface area contributed by atoms with E-state index in [1.54, 1.807) is 19.2 Å². The first-order chi connectivity index (χ1) is 9.92. The number of aliphatic hydroxyl groups excluding tert-OH is 1. The van der Waals surface area contributed by atoms with Gasteiger partial charge in [-0.2, -0.15) is 13.2 Å². The summed E-state index contributed by atoms with van der Waals surface area (Å²) in [5.41, 5.74) is 0.633. The lowest BCUT2D eigenvalue weighted by atomic mass is 9.96. The molecule has 1 atom stereocenters. The fourth-order valence-corrected chi connectivity index (χ4v) is 2.41. The van der Waals surface area contributed by atoms with Crippen LogP contribution < -0.4 is 4.74 Å². The van der Waals surface area contributed by atoms with Crippen molar-refractivity contribution in [1.82, 2.24) is 0 Å². The van der Waals surface area contributed by atoms with Crippen molar-refractivity contribution in [2.24, 2.45) is 0 Å². The molecule has 0 aliphatic rings. The lowest BCUT2D eigenvalue weighted by Crippen LogP contribution is -2.08. The third kappa shape index (κ3) is 3.88. The lowest BCUT2D eigenvalue weighted by molar-refractivity contribution is -0.136. The third-order valence-electron chi connectivity index (χ3n) is 3.43. The van der Waals surface area contributed by atoms with Gasteiger partial charge >= 0.3 is 6.18 Å². The first kappa shape index (κ1) is 15.6. The Balaban J connectivity index is 2.22. The molecule has 5 heteroatoms. The Hall–Kier alpha value is -1.75. The highest BCUT2D eigenvalue weighted by atomic mass is 19.4. The first-order valence-corrected chi connectivity index (χ1v) is 6.73. The summed E-state index contributed by atoms with van der Waals surface area (Å²) < 4.78 is 41.7. The molecule has 0 spiro atoms. The Bertz CT molecular complexity index is 608. The van der Waals surface area contributed by atoms with Crippen molar-refractivity contribution in [3.05, 3.63) is 42.0 Å². The summed E-state index contributed by atoms with van der Waals surface area (Å²) in [4.78, 5) is 0. The Labute approximate surface area is 121 Å². The summed E-state index contributed by atoms with van der Waals surface area (Å²) in [6, 6.07) is 10.8. The number of hydrogen-bond donors (Lipinski definition) is 1. The second kappa shape index (κ2) is 6.35. The molecule has 0 radical (unpaired) electrons. The molecule has 0 amide bonds. The van der Waals surface area contributed by atoms with Crippen molar-refractivity contribution < 1.29 is 23.0 Å². The molecule has 2 aromatic rings.